The third-order valence-electron chi connectivity index (χ3n) is 3.69. The van der Waals surface area contributed by atoms with Crippen molar-refractivity contribution in [3.8, 4) is 0 Å². The number of hydrogen-bond acceptors (Lipinski definition) is 2. The van der Waals surface area contributed by atoms with Crippen LogP contribution in [0, 0.1) is 13.8 Å². The minimum atomic E-state index is 0.308. The molecule has 1 aliphatic heterocycles. The molecule has 0 N–H and O–H groups in total. The second-order valence-electron chi connectivity index (χ2n) is 5.22. The van der Waals surface area contributed by atoms with Crippen molar-refractivity contribution in [2.24, 2.45) is 0 Å². The Labute approximate surface area is 130 Å². The van der Waals surface area contributed by atoms with Crippen LogP contribution < -0.4 is 13.8 Å². The number of para-hydroxylation sites is 2. The third-order valence-corrected chi connectivity index (χ3v) is 5.95. The predicted octanol–water partition coefficient (Wildman–Crippen LogP) is 3.33. The summed E-state index contributed by atoms with van der Waals surface area (Å²) in [5.74, 6) is 1.97. The van der Waals surface area contributed by atoms with Crippen molar-refractivity contribution in [1.82, 2.24) is 0 Å². The second-order valence-corrected chi connectivity index (χ2v) is 7.49. The average Bonchev–Trinajstić information content (AvgIpc) is 2.85. The van der Waals surface area contributed by atoms with E-state index in [1.165, 1.54) is 25.9 Å². The summed E-state index contributed by atoms with van der Waals surface area (Å²) in [6, 6.07) is 19.3. The van der Waals surface area contributed by atoms with Crippen LogP contribution >= 0.6 is 0 Å². The molecular formula is C18H15NOSe. The van der Waals surface area contributed by atoms with E-state index in [-0.39, 0.29) is 0 Å². The van der Waals surface area contributed by atoms with E-state index in [4.69, 9.17) is 4.42 Å². The van der Waals surface area contributed by atoms with E-state index in [9.17, 15) is 0 Å². The van der Waals surface area contributed by atoms with Gasteiger partial charge < -0.3 is 0 Å². The topological polar surface area (TPSA) is 16.4 Å². The Kier molecular flexibility index (Phi) is 2.91. The molecule has 0 unspecified atom stereocenters. The molecule has 0 amide bonds. The van der Waals surface area contributed by atoms with Crippen molar-refractivity contribution in [3.63, 3.8) is 0 Å². The first kappa shape index (κ1) is 12.8. The normalized spacial score (nSPS) is 13.0. The van der Waals surface area contributed by atoms with Crippen LogP contribution in [0.3, 0.4) is 0 Å². The molecule has 104 valence electrons. The first-order valence-electron chi connectivity index (χ1n) is 6.97. The average molecular weight is 340 g/mol. The second kappa shape index (κ2) is 4.80. The van der Waals surface area contributed by atoms with Gasteiger partial charge in [0.05, 0.1) is 0 Å². The SMILES string of the molecule is Cc1cc2c(o1)N(c1ccccc1C)c1ccccc1[Se]2. The number of fused-ring (bicyclic) bond motifs is 2. The maximum atomic E-state index is 6.03. The van der Waals surface area contributed by atoms with Gasteiger partial charge in [0, 0.05) is 0 Å². The van der Waals surface area contributed by atoms with Crippen LogP contribution in [0.25, 0.3) is 0 Å². The molecule has 2 heterocycles. The minimum absolute atomic E-state index is 0.308. The monoisotopic (exact) mass is 341 g/mol. The van der Waals surface area contributed by atoms with Crippen molar-refractivity contribution in [2.45, 2.75) is 13.8 Å². The van der Waals surface area contributed by atoms with E-state index in [2.05, 4.69) is 66.4 Å². The van der Waals surface area contributed by atoms with Crippen molar-refractivity contribution in [2.75, 3.05) is 4.90 Å². The van der Waals surface area contributed by atoms with Crippen molar-refractivity contribution >= 4 is 41.1 Å². The zero-order chi connectivity index (χ0) is 14.4. The van der Waals surface area contributed by atoms with Gasteiger partial charge in [-0.2, -0.15) is 0 Å². The van der Waals surface area contributed by atoms with Crippen molar-refractivity contribution in [3.05, 3.63) is 65.9 Å². The Hall–Kier alpha value is -1.96. The Bertz CT molecular complexity index is 811. The zero-order valence-electron chi connectivity index (χ0n) is 12.0. The van der Waals surface area contributed by atoms with Gasteiger partial charge in [0.1, 0.15) is 0 Å². The molecule has 4 rings (SSSR count). The molecule has 21 heavy (non-hydrogen) atoms. The van der Waals surface area contributed by atoms with Crippen LogP contribution in [0.5, 0.6) is 0 Å². The van der Waals surface area contributed by atoms with Crippen LogP contribution in [0.2, 0.25) is 0 Å². The molecule has 0 bridgehead atoms. The molecule has 0 saturated heterocycles. The number of hydrogen-bond donors (Lipinski definition) is 0. The summed E-state index contributed by atoms with van der Waals surface area (Å²) < 4.78 is 8.75. The van der Waals surface area contributed by atoms with Crippen LogP contribution in [0.4, 0.5) is 17.3 Å². The van der Waals surface area contributed by atoms with E-state index in [1.807, 2.05) is 6.92 Å². The predicted molar refractivity (Wildman–Crippen MR) is 87.9 cm³/mol. The fourth-order valence-electron chi connectivity index (χ4n) is 2.72. The summed E-state index contributed by atoms with van der Waals surface area (Å²) in [5, 5.41) is 0. The van der Waals surface area contributed by atoms with Gasteiger partial charge >= 0.3 is 130 Å². The summed E-state index contributed by atoms with van der Waals surface area (Å²) >= 11 is 0.308. The Morgan fingerprint density at radius 1 is 0.857 bits per heavy atom. The Balaban J connectivity index is 1.99. The van der Waals surface area contributed by atoms with Gasteiger partial charge in [-0.1, -0.05) is 0 Å². The summed E-state index contributed by atoms with van der Waals surface area (Å²) in [5.41, 5.74) is 3.69. The molecule has 2 aromatic carbocycles. The molecule has 3 aromatic rings. The molecule has 1 aromatic heterocycles. The van der Waals surface area contributed by atoms with E-state index in [0.717, 1.165) is 11.6 Å². The van der Waals surface area contributed by atoms with Crippen LogP contribution in [-0.2, 0) is 0 Å². The number of nitrogens with zero attached hydrogens (tertiary/aromatic N) is 1. The van der Waals surface area contributed by atoms with Crippen LogP contribution in [0.15, 0.2) is 59.0 Å². The van der Waals surface area contributed by atoms with E-state index < -0.39 is 0 Å². The van der Waals surface area contributed by atoms with Crippen molar-refractivity contribution < 1.29 is 4.42 Å². The molecule has 0 spiro atoms. The Morgan fingerprint density at radius 3 is 2.38 bits per heavy atom. The first-order chi connectivity index (χ1) is 10.2. The summed E-state index contributed by atoms with van der Waals surface area (Å²) in [7, 11) is 0. The van der Waals surface area contributed by atoms with E-state index >= 15 is 0 Å². The number of benzene rings is 2. The molecule has 3 heteroatoms. The number of anilines is 3. The van der Waals surface area contributed by atoms with Crippen LogP contribution in [-0.4, -0.2) is 15.0 Å². The fourth-order valence-corrected chi connectivity index (χ4v) is 5.01. The molecule has 0 fully saturated rings. The van der Waals surface area contributed by atoms with E-state index in [0.29, 0.717) is 15.0 Å². The zero-order valence-corrected chi connectivity index (χ0v) is 13.7. The summed E-state index contributed by atoms with van der Waals surface area (Å²) in [6.07, 6.45) is 0. The molecule has 0 aliphatic carbocycles. The summed E-state index contributed by atoms with van der Waals surface area (Å²) in [6.45, 7) is 4.17. The van der Waals surface area contributed by atoms with Gasteiger partial charge in [-0.3, -0.25) is 0 Å². The number of rotatable bonds is 1. The molecular weight excluding hydrogens is 325 g/mol. The molecule has 0 saturated carbocycles. The van der Waals surface area contributed by atoms with Gasteiger partial charge in [-0.05, 0) is 0 Å². The quantitative estimate of drug-likeness (QED) is 0.494. The standard InChI is InChI=1S/C18H15NOSe/c1-12-7-3-4-8-14(12)19-15-9-5-6-10-16(15)21-17-11-13(2)20-18(17)19/h3-11H,1-2H3. The number of aryl methyl sites for hydroxylation is 2. The maximum absolute atomic E-state index is 6.03. The van der Waals surface area contributed by atoms with Gasteiger partial charge in [-0.25, -0.2) is 0 Å². The van der Waals surface area contributed by atoms with Crippen LogP contribution in [0.1, 0.15) is 11.3 Å². The van der Waals surface area contributed by atoms with Gasteiger partial charge in [0.25, 0.3) is 0 Å². The molecule has 0 atom stereocenters. The van der Waals surface area contributed by atoms with E-state index in [1.54, 1.807) is 0 Å². The fraction of sp³-hybridized carbons (Fsp3) is 0.111. The molecule has 1 aliphatic rings. The first-order valence-corrected chi connectivity index (χ1v) is 8.68. The molecule has 0 radical (unpaired) electrons. The molecule has 2 nitrogen and oxygen atoms in total. The third kappa shape index (κ3) is 2.01. The number of furan rings is 1. The van der Waals surface area contributed by atoms with Gasteiger partial charge in [-0.15, -0.1) is 0 Å². The Morgan fingerprint density at radius 2 is 1.57 bits per heavy atom. The van der Waals surface area contributed by atoms with Gasteiger partial charge in [0.2, 0.25) is 0 Å². The van der Waals surface area contributed by atoms with Gasteiger partial charge in [0.15, 0.2) is 0 Å². The van der Waals surface area contributed by atoms with Crippen molar-refractivity contribution in [1.29, 1.82) is 0 Å². The summed E-state index contributed by atoms with van der Waals surface area (Å²) in [4.78, 5) is 2.26.